The Hall–Kier alpha value is -1.46. The smallest absolute Gasteiger partial charge is 0.266 e. The lowest BCUT2D eigenvalue weighted by molar-refractivity contribution is 0.603. The van der Waals surface area contributed by atoms with Crippen LogP contribution in [0.1, 0.15) is 5.56 Å². The van der Waals surface area contributed by atoms with Gasteiger partial charge in [-0.05, 0) is 11.6 Å². The lowest BCUT2D eigenvalue weighted by atomic mass is 10.3. The minimum Gasteiger partial charge on any atom is -0.266 e. The topological polar surface area (TPSA) is 47.8 Å². The molecule has 2 aromatic heterocycles. The minimum absolute atomic E-state index is 0.0838. The van der Waals surface area contributed by atoms with Gasteiger partial charge in [0.15, 0.2) is 0 Å². The summed E-state index contributed by atoms with van der Waals surface area (Å²) in [7, 11) is 0. The van der Waals surface area contributed by atoms with E-state index in [-0.39, 0.29) is 16.6 Å². The van der Waals surface area contributed by atoms with E-state index in [1.54, 1.807) is 0 Å². The van der Waals surface area contributed by atoms with Gasteiger partial charge in [-0.2, -0.15) is 5.10 Å². The molecule has 2 aromatic rings. The second-order valence-electron chi connectivity index (χ2n) is 3.28. The average molecular weight is 274 g/mol. The van der Waals surface area contributed by atoms with Gasteiger partial charge in [-0.3, -0.25) is 9.78 Å². The van der Waals surface area contributed by atoms with Crippen molar-refractivity contribution in [3.05, 3.63) is 56.4 Å². The van der Waals surface area contributed by atoms with Crippen molar-refractivity contribution < 1.29 is 4.39 Å². The van der Waals surface area contributed by atoms with Gasteiger partial charge in [0.1, 0.15) is 10.8 Å². The number of hydrogen-bond donors (Lipinski definition) is 0. The second kappa shape index (κ2) is 4.81. The molecule has 0 amide bonds. The predicted molar refractivity (Wildman–Crippen MR) is 61.8 cm³/mol. The maximum absolute atomic E-state index is 12.9. The number of rotatable bonds is 2. The summed E-state index contributed by atoms with van der Waals surface area (Å²) < 4.78 is 14.0. The molecule has 0 N–H and O–H groups in total. The summed E-state index contributed by atoms with van der Waals surface area (Å²) in [6.07, 6.45) is 3.78. The van der Waals surface area contributed by atoms with Crippen molar-refractivity contribution in [2.45, 2.75) is 6.54 Å². The summed E-state index contributed by atoms with van der Waals surface area (Å²) in [5.74, 6) is -0.476. The van der Waals surface area contributed by atoms with Gasteiger partial charge in [-0.1, -0.05) is 23.2 Å². The molecule has 0 bridgehead atoms. The summed E-state index contributed by atoms with van der Waals surface area (Å²) in [6.45, 7) is 0.0838. The van der Waals surface area contributed by atoms with E-state index < -0.39 is 11.4 Å². The first kappa shape index (κ1) is 12.0. The molecular weight excluding hydrogens is 268 g/mol. The molecule has 0 unspecified atom stereocenters. The van der Waals surface area contributed by atoms with E-state index in [0.29, 0.717) is 5.56 Å². The van der Waals surface area contributed by atoms with Crippen molar-refractivity contribution >= 4 is 23.2 Å². The Balaban J connectivity index is 2.37. The van der Waals surface area contributed by atoms with Crippen LogP contribution < -0.4 is 5.56 Å². The molecule has 7 heteroatoms. The summed E-state index contributed by atoms with van der Waals surface area (Å²) >= 11 is 11.3. The van der Waals surface area contributed by atoms with Gasteiger partial charge in [0.2, 0.25) is 0 Å². The second-order valence-corrected chi connectivity index (χ2v) is 4.07. The number of pyridine rings is 1. The minimum atomic E-state index is -0.525. The summed E-state index contributed by atoms with van der Waals surface area (Å²) in [4.78, 5) is 15.3. The fraction of sp³-hybridized carbons (Fsp3) is 0.100. The maximum atomic E-state index is 12.9. The van der Waals surface area contributed by atoms with Gasteiger partial charge in [0, 0.05) is 6.20 Å². The van der Waals surface area contributed by atoms with Gasteiger partial charge >= 0.3 is 0 Å². The van der Waals surface area contributed by atoms with Crippen molar-refractivity contribution in [1.82, 2.24) is 14.8 Å². The Morgan fingerprint density at radius 2 is 2.06 bits per heavy atom. The molecule has 0 aliphatic heterocycles. The predicted octanol–water partition coefficient (Wildman–Crippen LogP) is 2.13. The quantitative estimate of drug-likeness (QED) is 0.842. The highest BCUT2D eigenvalue weighted by Crippen LogP contribution is 2.14. The molecule has 0 atom stereocenters. The lowest BCUT2D eigenvalue weighted by Crippen LogP contribution is -2.23. The van der Waals surface area contributed by atoms with Crippen LogP contribution in [-0.2, 0) is 6.54 Å². The largest absolute Gasteiger partial charge is 0.287 e. The van der Waals surface area contributed by atoms with Crippen molar-refractivity contribution in [2.75, 3.05) is 0 Å². The normalized spacial score (nSPS) is 10.5. The van der Waals surface area contributed by atoms with Gasteiger partial charge in [-0.25, -0.2) is 9.07 Å². The van der Waals surface area contributed by atoms with Crippen LogP contribution in [0.3, 0.4) is 0 Å². The van der Waals surface area contributed by atoms with E-state index in [2.05, 4.69) is 10.1 Å². The van der Waals surface area contributed by atoms with Gasteiger partial charge < -0.3 is 0 Å². The van der Waals surface area contributed by atoms with Crippen LogP contribution >= 0.6 is 23.2 Å². The van der Waals surface area contributed by atoms with Gasteiger partial charge in [0.05, 0.1) is 24.0 Å². The van der Waals surface area contributed by atoms with Crippen molar-refractivity contribution in [3.8, 4) is 0 Å². The Bertz CT molecular complexity index is 615. The van der Waals surface area contributed by atoms with Crippen LogP contribution in [0.15, 0.2) is 29.5 Å². The zero-order valence-electron chi connectivity index (χ0n) is 8.40. The Morgan fingerprint density at radius 1 is 1.29 bits per heavy atom. The first-order valence-corrected chi connectivity index (χ1v) is 5.34. The Kier molecular flexibility index (Phi) is 3.40. The molecule has 0 saturated carbocycles. The molecule has 0 spiro atoms. The van der Waals surface area contributed by atoms with E-state index in [4.69, 9.17) is 23.2 Å². The zero-order chi connectivity index (χ0) is 12.4. The third-order valence-electron chi connectivity index (χ3n) is 2.04. The van der Waals surface area contributed by atoms with Crippen LogP contribution in [0.5, 0.6) is 0 Å². The molecule has 0 aliphatic carbocycles. The third kappa shape index (κ3) is 2.62. The Morgan fingerprint density at radius 3 is 2.76 bits per heavy atom. The number of hydrogen-bond acceptors (Lipinski definition) is 3. The van der Waals surface area contributed by atoms with Crippen LogP contribution in [0, 0.1) is 5.82 Å². The summed E-state index contributed by atoms with van der Waals surface area (Å²) in [5.41, 5.74) is -0.0126. The molecule has 4 nitrogen and oxygen atoms in total. The molecule has 0 aromatic carbocycles. The molecule has 2 rings (SSSR count). The van der Waals surface area contributed by atoms with Crippen molar-refractivity contribution in [3.63, 3.8) is 0 Å². The summed E-state index contributed by atoms with van der Waals surface area (Å²) in [6, 6.07) is 1.27. The standard InChI is InChI=1S/C10H6Cl2FN3O/c11-8-4-15-16(10(17)9(8)12)5-6-1-7(13)3-14-2-6/h1-4H,5H2. The fourth-order valence-corrected chi connectivity index (χ4v) is 1.54. The van der Waals surface area contributed by atoms with Gasteiger partial charge in [-0.15, -0.1) is 0 Å². The number of nitrogens with zero attached hydrogens (tertiary/aromatic N) is 3. The van der Waals surface area contributed by atoms with Crippen molar-refractivity contribution in [2.24, 2.45) is 0 Å². The first-order valence-electron chi connectivity index (χ1n) is 4.58. The molecule has 2 heterocycles. The Labute approximate surface area is 106 Å². The average Bonchev–Trinajstić information content (AvgIpc) is 2.30. The van der Waals surface area contributed by atoms with E-state index in [1.807, 2.05) is 0 Å². The number of aromatic nitrogens is 3. The highest BCUT2D eigenvalue weighted by molar-refractivity contribution is 6.41. The van der Waals surface area contributed by atoms with E-state index in [0.717, 1.165) is 10.9 Å². The first-order chi connectivity index (χ1) is 8.08. The molecule has 0 radical (unpaired) electrons. The van der Waals surface area contributed by atoms with Crippen LogP contribution in [0.25, 0.3) is 0 Å². The van der Waals surface area contributed by atoms with E-state index in [1.165, 1.54) is 18.5 Å². The number of halogens is 3. The third-order valence-corrected chi connectivity index (χ3v) is 2.78. The zero-order valence-corrected chi connectivity index (χ0v) is 9.91. The summed E-state index contributed by atoms with van der Waals surface area (Å²) in [5, 5.41) is 3.78. The molecule has 0 fully saturated rings. The fourth-order valence-electron chi connectivity index (χ4n) is 1.27. The molecule has 0 saturated heterocycles. The molecular formula is C10H6Cl2FN3O. The van der Waals surface area contributed by atoms with Gasteiger partial charge in [0.25, 0.3) is 5.56 Å². The molecule has 17 heavy (non-hydrogen) atoms. The highest BCUT2D eigenvalue weighted by atomic mass is 35.5. The van der Waals surface area contributed by atoms with Crippen molar-refractivity contribution in [1.29, 1.82) is 0 Å². The monoisotopic (exact) mass is 273 g/mol. The van der Waals surface area contributed by atoms with Crippen LogP contribution in [-0.4, -0.2) is 14.8 Å². The van der Waals surface area contributed by atoms with E-state index >= 15 is 0 Å². The maximum Gasteiger partial charge on any atom is 0.287 e. The van der Waals surface area contributed by atoms with Crippen LogP contribution in [0.2, 0.25) is 10.0 Å². The van der Waals surface area contributed by atoms with Crippen LogP contribution in [0.4, 0.5) is 4.39 Å². The lowest BCUT2D eigenvalue weighted by Gasteiger charge is -2.05. The SMILES string of the molecule is O=c1c(Cl)c(Cl)cnn1Cc1cncc(F)c1. The molecule has 88 valence electrons. The highest BCUT2D eigenvalue weighted by Gasteiger charge is 2.08. The van der Waals surface area contributed by atoms with E-state index in [9.17, 15) is 9.18 Å². The molecule has 0 aliphatic rings.